The van der Waals surface area contributed by atoms with E-state index in [0.717, 1.165) is 4.47 Å². The van der Waals surface area contributed by atoms with E-state index in [4.69, 9.17) is 11.6 Å². The van der Waals surface area contributed by atoms with Crippen molar-refractivity contribution in [2.24, 2.45) is 0 Å². The molecule has 0 N–H and O–H groups in total. The lowest BCUT2D eigenvalue weighted by Crippen LogP contribution is -1.94. The summed E-state index contributed by atoms with van der Waals surface area (Å²) in [6, 6.07) is 8.14. The molecule has 0 aliphatic rings. The molecular formula is C9H9BrCl. The van der Waals surface area contributed by atoms with Crippen LogP contribution in [0.15, 0.2) is 28.7 Å². The van der Waals surface area contributed by atoms with Crippen molar-refractivity contribution in [2.45, 2.75) is 6.92 Å². The van der Waals surface area contributed by atoms with Crippen LogP contribution in [-0.2, 0) is 0 Å². The first-order valence-electron chi connectivity index (χ1n) is 3.38. The molecule has 1 aromatic carbocycles. The van der Waals surface area contributed by atoms with Crippen molar-refractivity contribution in [3.63, 3.8) is 0 Å². The molecule has 1 aromatic rings. The molecule has 0 bridgehead atoms. The molecule has 0 spiro atoms. The lowest BCUT2D eigenvalue weighted by Gasteiger charge is -2.06. The Bertz CT molecular complexity index is 235. The molecule has 0 aliphatic carbocycles. The predicted molar refractivity (Wildman–Crippen MR) is 52.9 cm³/mol. The lowest BCUT2D eigenvalue weighted by atomic mass is 10.0. The van der Waals surface area contributed by atoms with Crippen LogP contribution in [0, 0.1) is 5.92 Å². The summed E-state index contributed by atoms with van der Waals surface area (Å²) in [6.07, 6.45) is 0. The number of halogens is 2. The molecule has 11 heavy (non-hydrogen) atoms. The van der Waals surface area contributed by atoms with E-state index < -0.39 is 0 Å². The van der Waals surface area contributed by atoms with Crippen LogP contribution in [0.3, 0.4) is 0 Å². The third kappa shape index (κ3) is 2.49. The molecule has 0 heterocycles. The van der Waals surface area contributed by atoms with E-state index in [1.165, 1.54) is 11.5 Å². The minimum atomic E-state index is 0.594. The highest BCUT2D eigenvalue weighted by Gasteiger charge is 2.03. The molecule has 0 fully saturated rings. The zero-order valence-electron chi connectivity index (χ0n) is 6.27. The summed E-state index contributed by atoms with van der Waals surface area (Å²) < 4.78 is 1.10. The first kappa shape index (κ1) is 9.08. The van der Waals surface area contributed by atoms with E-state index >= 15 is 0 Å². The molecule has 1 radical (unpaired) electrons. The zero-order valence-corrected chi connectivity index (χ0v) is 8.61. The van der Waals surface area contributed by atoms with Crippen molar-refractivity contribution >= 4 is 27.5 Å². The molecule has 0 saturated heterocycles. The van der Waals surface area contributed by atoms with Crippen LogP contribution in [0.1, 0.15) is 12.5 Å². The van der Waals surface area contributed by atoms with Gasteiger partial charge in [0.1, 0.15) is 0 Å². The van der Waals surface area contributed by atoms with Gasteiger partial charge in [0.15, 0.2) is 0 Å². The van der Waals surface area contributed by atoms with Crippen molar-refractivity contribution in [1.29, 1.82) is 0 Å². The van der Waals surface area contributed by atoms with Crippen LogP contribution >= 0.6 is 27.5 Å². The summed E-state index contributed by atoms with van der Waals surface area (Å²) in [5.41, 5.74) is 1.20. The summed E-state index contributed by atoms with van der Waals surface area (Å²) in [6.45, 7) is 2.04. The van der Waals surface area contributed by atoms with Crippen LogP contribution in [0.2, 0.25) is 0 Å². The zero-order chi connectivity index (χ0) is 8.27. The molecule has 0 aliphatic heterocycles. The summed E-state index contributed by atoms with van der Waals surface area (Å²) in [5, 5.41) is 0. The maximum Gasteiger partial charge on any atom is 0.0326 e. The van der Waals surface area contributed by atoms with Crippen LogP contribution in [0.25, 0.3) is 0 Å². The largest absolute Gasteiger partial charge is 0.126 e. The van der Waals surface area contributed by atoms with Gasteiger partial charge in [0.05, 0.1) is 0 Å². The molecule has 0 amide bonds. The normalized spacial score (nSPS) is 10.5. The minimum absolute atomic E-state index is 0.594. The van der Waals surface area contributed by atoms with Gasteiger partial charge >= 0.3 is 0 Å². The van der Waals surface area contributed by atoms with Crippen LogP contribution in [0.4, 0.5) is 0 Å². The van der Waals surface area contributed by atoms with Gasteiger partial charge < -0.3 is 0 Å². The standard InChI is InChI=1S/C9H9BrCl/c1-7(6-11)8-3-2-4-9(10)5-8/h2-5H,6H2,1H3. The molecule has 0 saturated carbocycles. The van der Waals surface area contributed by atoms with Gasteiger partial charge in [0.2, 0.25) is 0 Å². The molecule has 2 heteroatoms. The fraction of sp³-hybridized carbons (Fsp3) is 0.222. The monoisotopic (exact) mass is 231 g/mol. The maximum absolute atomic E-state index is 5.69. The second-order valence-corrected chi connectivity index (χ2v) is 3.61. The molecule has 0 aromatic heterocycles. The third-order valence-electron chi connectivity index (χ3n) is 1.52. The highest BCUT2D eigenvalue weighted by molar-refractivity contribution is 9.10. The molecule has 0 atom stereocenters. The Morgan fingerprint density at radius 3 is 2.82 bits per heavy atom. The number of benzene rings is 1. The Hall–Kier alpha value is -0.0100. The van der Waals surface area contributed by atoms with E-state index in [9.17, 15) is 0 Å². The van der Waals surface area contributed by atoms with Crippen molar-refractivity contribution in [3.05, 3.63) is 40.2 Å². The maximum atomic E-state index is 5.69. The predicted octanol–water partition coefficient (Wildman–Crippen LogP) is 3.63. The topological polar surface area (TPSA) is 0 Å². The van der Waals surface area contributed by atoms with Gasteiger partial charge in [0.25, 0.3) is 0 Å². The van der Waals surface area contributed by atoms with Crippen LogP contribution < -0.4 is 0 Å². The Labute approximate surface area is 80.7 Å². The average molecular weight is 233 g/mol. The second-order valence-electron chi connectivity index (χ2n) is 2.42. The summed E-state index contributed by atoms with van der Waals surface area (Å²) in [4.78, 5) is 0. The van der Waals surface area contributed by atoms with Gasteiger partial charge in [-0.15, -0.1) is 11.6 Å². The summed E-state index contributed by atoms with van der Waals surface area (Å²) in [7, 11) is 0. The van der Waals surface area contributed by atoms with E-state index in [2.05, 4.69) is 28.1 Å². The lowest BCUT2D eigenvalue weighted by molar-refractivity contribution is 1.15. The van der Waals surface area contributed by atoms with E-state index in [0.29, 0.717) is 5.88 Å². The highest BCUT2D eigenvalue weighted by atomic mass is 79.9. The van der Waals surface area contributed by atoms with Gasteiger partial charge in [-0.3, -0.25) is 0 Å². The molecule has 59 valence electrons. The number of rotatable bonds is 2. The molecule has 0 nitrogen and oxygen atoms in total. The van der Waals surface area contributed by atoms with Crippen LogP contribution in [0.5, 0.6) is 0 Å². The fourth-order valence-electron chi connectivity index (χ4n) is 0.831. The minimum Gasteiger partial charge on any atom is -0.126 e. The molecular weight excluding hydrogens is 223 g/mol. The van der Waals surface area contributed by atoms with Crippen molar-refractivity contribution in [2.75, 3.05) is 5.88 Å². The van der Waals surface area contributed by atoms with Gasteiger partial charge in [-0.1, -0.05) is 35.0 Å². The second kappa shape index (κ2) is 4.13. The van der Waals surface area contributed by atoms with Gasteiger partial charge in [-0.05, 0) is 17.7 Å². The number of hydrogen-bond donors (Lipinski definition) is 0. The number of alkyl halides is 1. The highest BCUT2D eigenvalue weighted by Crippen LogP contribution is 2.19. The van der Waals surface area contributed by atoms with E-state index in [1.807, 2.05) is 19.1 Å². The Kier molecular flexibility index (Phi) is 3.41. The van der Waals surface area contributed by atoms with Crippen molar-refractivity contribution in [1.82, 2.24) is 0 Å². The summed E-state index contributed by atoms with van der Waals surface area (Å²) >= 11 is 9.09. The SMILES string of the molecule is C[C](CCl)c1cccc(Br)c1. The van der Waals surface area contributed by atoms with Gasteiger partial charge in [0, 0.05) is 16.3 Å². The average Bonchev–Trinajstić information content (AvgIpc) is 2.03. The van der Waals surface area contributed by atoms with Crippen LogP contribution in [-0.4, -0.2) is 5.88 Å². The van der Waals surface area contributed by atoms with E-state index in [-0.39, 0.29) is 0 Å². The Morgan fingerprint density at radius 1 is 1.55 bits per heavy atom. The van der Waals surface area contributed by atoms with Gasteiger partial charge in [-0.2, -0.15) is 0 Å². The number of hydrogen-bond acceptors (Lipinski definition) is 0. The van der Waals surface area contributed by atoms with Crippen molar-refractivity contribution in [3.8, 4) is 0 Å². The molecule has 1 rings (SSSR count). The smallest absolute Gasteiger partial charge is 0.0326 e. The first-order valence-corrected chi connectivity index (χ1v) is 4.71. The third-order valence-corrected chi connectivity index (χ3v) is 2.41. The van der Waals surface area contributed by atoms with E-state index in [1.54, 1.807) is 0 Å². The molecule has 0 unspecified atom stereocenters. The van der Waals surface area contributed by atoms with Crippen molar-refractivity contribution < 1.29 is 0 Å². The first-order chi connectivity index (χ1) is 5.24. The Morgan fingerprint density at radius 2 is 2.27 bits per heavy atom. The summed E-state index contributed by atoms with van der Waals surface area (Å²) in [5.74, 6) is 1.80. The fourth-order valence-corrected chi connectivity index (χ4v) is 1.38. The van der Waals surface area contributed by atoms with Gasteiger partial charge in [-0.25, -0.2) is 0 Å². The Balaban J connectivity index is 2.86. The quantitative estimate of drug-likeness (QED) is 0.683.